The summed E-state index contributed by atoms with van der Waals surface area (Å²) >= 11 is 6.05. The average Bonchev–Trinajstić information content (AvgIpc) is 3.07. The van der Waals surface area contributed by atoms with E-state index in [2.05, 4.69) is 5.32 Å². The second-order valence-corrected chi connectivity index (χ2v) is 5.71. The third-order valence-corrected chi connectivity index (χ3v) is 4.02. The zero-order valence-corrected chi connectivity index (χ0v) is 13.9. The van der Waals surface area contributed by atoms with Crippen molar-refractivity contribution in [2.24, 2.45) is 0 Å². The maximum atomic E-state index is 12.0. The van der Waals surface area contributed by atoms with Gasteiger partial charge in [0.05, 0.1) is 0 Å². The van der Waals surface area contributed by atoms with Gasteiger partial charge in [-0.15, -0.1) is 0 Å². The van der Waals surface area contributed by atoms with E-state index in [0.29, 0.717) is 16.5 Å². The molecule has 0 saturated heterocycles. The molecule has 0 bridgehead atoms. The minimum Gasteiger partial charge on any atom is -0.457 e. The van der Waals surface area contributed by atoms with Crippen molar-refractivity contribution in [1.82, 2.24) is 0 Å². The number of hydrogen-bond acceptors (Lipinski definition) is 2. The molecule has 3 aromatic rings. The van der Waals surface area contributed by atoms with Gasteiger partial charge in [-0.2, -0.15) is 0 Å². The first-order valence-corrected chi connectivity index (χ1v) is 7.91. The fourth-order valence-electron chi connectivity index (χ4n) is 2.28. The molecule has 2 aromatic carbocycles. The van der Waals surface area contributed by atoms with E-state index in [0.717, 1.165) is 16.9 Å². The molecule has 0 aliphatic carbocycles. The molecule has 0 saturated carbocycles. The van der Waals surface area contributed by atoms with E-state index >= 15 is 0 Å². The van der Waals surface area contributed by atoms with Crippen molar-refractivity contribution in [3.8, 4) is 11.3 Å². The number of anilines is 1. The summed E-state index contributed by atoms with van der Waals surface area (Å²) in [7, 11) is 0. The number of hydrogen-bond donors (Lipinski definition) is 1. The quantitative estimate of drug-likeness (QED) is 0.633. The minimum atomic E-state index is -0.238. The molecule has 1 amide bonds. The van der Waals surface area contributed by atoms with E-state index in [4.69, 9.17) is 16.0 Å². The van der Waals surface area contributed by atoms with Crippen LogP contribution in [-0.4, -0.2) is 5.91 Å². The summed E-state index contributed by atoms with van der Waals surface area (Å²) in [6.07, 6.45) is 3.08. The molecule has 1 heterocycles. The Balaban J connectivity index is 1.69. The highest BCUT2D eigenvalue weighted by Gasteiger charge is 2.05. The van der Waals surface area contributed by atoms with Gasteiger partial charge in [-0.3, -0.25) is 4.79 Å². The predicted octanol–water partition coefficient (Wildman–Crippen LogP) is 5.56. The summed E-state index contributed by atoms with van der Waals surface area (Å²) in [5.41, 5.74) is 2.53. The van der Waals surface area contributed by atoms with Gasteiger partial charge in [-0.25, -0.2) is 0 Å². The second-order valence-electron chi connectivity index (χ2n) is 5.30. The molecule has 1 aromatic heterocycles. The van der Waals surface area contributed by atoms with Crippen molar-refractivity contribution in [1.29, 1.82) is 0 Å². The van der Waals surface area contributed by atoms with Gasteiger partial charge >= 0.3 is 0 Å². The number of furan rings is 1. The minimum absolute atomic E-state index is 0.238. The number of amides is 1. The van der Waals surface area contributed by atoms with Crippen molar-refractivity contribution in [3.05, 3.63) is 83.1 Å². The molecule has 24 heavy (non-hydrogen) atoms. The van der Waals surface area contributed by atoms with Crippen molar-refractivity contribution >= 4 is 29.3 Å². The van der Waals surface area contributed by atoms with Gasteiger partial charge in [0.15, 0.2) is 0 Å². The summed E-state index contributed by atoms with van der Waals surface area (Å²) < 4.78 is 5.73. The van der Waals surface area contributed by atoms with Crippen LogP contribution in [-0.2, 0) is 4.79 Å². The number of nitrogens with one attached hydrogen (secondary N) is 1. The molecule has 3 nitrogen and oxygen atoms in total. The molecule has 0 aliphatic rings. The molecule has 1 N–H and O–H groups in total. The lowest BCUT2D eigenvalue weighted by Gasteiger charge is -2.07. The molecule has 4 heteroatoms. The van der Waals surface area contributed by atoms with Crippen molar-refractivity contribution in [2.45, 2.75) is 6.92 Å². The number of benzene rings is 2. The van der Waals surface area contributed by atoms with Crippen molar-refractivity contribution < 1.29 is 9.21 Å². The van der Waals surface area contributed by atoms with Crippen LogP contribution < -0.4 is 5.32 Å². The number of carbonyl (C=O) groups is 1. The second kappa shape index (κ2) is 7.20. The first kappa shape index (κ1) is 16.1. The van der Waals surface area contributed by atoms with Crippen LogP contribution in [0.4, 0.5) is 5.69 Å². The summed E-state index contributed by atoms with van der Waals surface area (Å²) in [6.45, 7) is 1.86. The number of rotatable bonds is 4. The van der Waals surface area contributed by atoms with E-state index in [-0.39, 0.29) is 5.91 Å². The predicted molar refractivity (Wildman–Crippen MR) is 98.0 cm³/mol. The van der Waals surface area contributed by atoms with Crippen LogP contribution in [0.15, 0.2) is 71.2 Å². The number of halogens is 1. The zero-order chi connectivity index (χ0) is 16.9. The van der Waals surface area contributed by atoms with E-state index in [9.17, 15) is 4.79 Å². The van der Waals surface area contributed by atoms with Crippen molar-refractivity contribution in [2.75, 3.05) is 5.32 Å². The van der Waals surface area contributed by atoms with Crippen LogP contribution in [0.3, 0.4) is 0 Å². The zero-order valence-electron chi connectivity index (χ0n) is 13.1. The molecule has 0 fully saturated rings. The Morgan fingerprint density at radius 3 is 2.62 bits per heavy atom. The molecule has 120 valence electrons. The Bertz CT molecular complexity index is 882. The standard InChI is InChI=1S/C20H16ClNO2/c1-14-17(21)8-5-9-18(14)22-20(23)13-11-16-10-12-19(24-16)15-6-3-2-4-7-15/h2-13H,1H3,(H,22,23)/b13-11+. The summed E-state index contributed by atoms with van der Waals surface area (Å²) in [6, 6.07) is 18.9. The molecule has 0 radical (unpaired) electrons. The highest BCUT2D eigenvalue weighted by molar-refractivity contribution is 6.31. The lowest BCUT2D eigenvalue weighted by atomic mass is 10.2. The Hall–Kier alpha value is -2.78. The maximum absolute atomic E-state index is 12.0. The topological polar surface area (TPSA) is 42.2 Å². The fourth-order valence-corrected chi connectivity index (χ4v) is 2.45. The fraction of sp³-hybridized carbons (Fsp3) is 0.0500. The highest BCUT2D eigenvalue weighted by atomic mass is 35.5. The molecular weight excluding hydrogens is 322 g/mol. The van der Waals surface area contributed by atoms with E-state index < -0.39 is 0 Å². The SMILES string of the molecule is Cc1c(Cl)cccc1NC(=O)/C=C/c1ccc(-c2ccccc2)o1. The smallest absolute Gasteiger partial charge is 0.248 e. The van der Waals surface area contributed by atoms with Gasteiger partial charge < -0.3 is 9.73 Å². The largest absolute Gasteiger partial charge is 0.457 e. The van der Waals surface area contributed by atoms with Crippen LogP contribution in [0, 0.1) is 6.92 Å². The summed E-state index contributed by atoms with van der Waals surface area (Å²) in [4.78, 5) is 12.0. The first-order chi connectivity index (χ1) is 11.6. The normalized spacial score (nSPS) is 10.9. The number of carbonyl (C=O) groups excluding carboxylic acids is 1. The van der Waals surface area contributed by atoms with Gasteiger partial charge in [-0.05, 0) is 42.8 Å². The van der Waals surface area contributed by atoms with Crippen LogP contribution >= 0.6 is 11.6 Å². The molecular formula is C20H16ClNO2. The van der Waals surface area contributed by atoms with E-state index in [1.807, 2.05) is 55.5 Å². The average molecular weight is 338 g/mol. The third kappa shape index (κ3) is 3.76. The molecule has 0 unspecified atom stereocenters. The monoisotopic (exact) mass is 337 g/mol. The van der Waals surface area contributed by atoms with Gasteiger partial charge in [0.2, 0.25) is 5.91 Å². The third-order valence-electron chi connectivity index (χ3n) is 3.61. The highest BCUT2D eigenvalue weighted by Crippen LogP contribution is 2.24. The van der Waals surface area contributed by atoms with Gasteiger partial charge in [-0.1, -0.05) is 48.0 Å². The van der Waals surface area contributed by atoms with Crippen LogP contribution in [0.25, 0.3) is 17.4 Å². The lowest BCUT2D eigenvalue weighted by Crippen LogP contribution is -2.08. The van der Waals surface area contributed by atoms with Crippen LogP contribution in [0.2, 0.25) is 5.02 Å². The summed E-state index contributed by atoms with van der Waals surface area (Å²) in [5, 5.41) is 3.43. The Labute approximate surface area is 145 Å². The van der Waals surface area contributed by atoms with E-state index in [1.165, 1.54) is 6.08 Å². The molecule has 0 atom stereocenters. The van der Waals surface area contributed by atoms with Crippen LogP contribution in [0.1, 0.15) is 11.3 Å². The van der Waals surface area contributed by atoms with Gasteiger partial charge in [0.1, 0.15) is 11.5 Å². The maximum Gasteiger partial charge on any atom is 0.248 e. The molecule has 0 aliphatic heterocycles. The Morgan fingerprint density at radius 2 is 1.83 bits per heavy atom. The van der Waals surface area contributed by atoms with Crippen molar-refractivity contribution in [3.63, 3.8) is 0 Å². The van der Waals surface area contributed by atoms with E-state index in [1.54, 1.807) is 18.2 Å². The molecule has 0 spiro atoms. The Morgan fingerprint density at radius 1 is 1.04 bits per heavy atom. The summed E-state index contributed by atoms with van der Waals surface area (Å²) in [5.74, 6) is 1.14. The van der Waals surface area contributed by atoms with Gasteiger partial charge in [0, 0.05) is 22.3 Å². The molecule has 3 rings (SSSR count). The van der Waals surface area contributed by atoms with Gasteiger partial charge in [0.25, 0.3) is 0 Å². The first-order valence-electron chi connectivity index (χ1n) is 7.53. The Kier molecular flexibility index (Phi) is 4.82. The van der Waals surface area contributed by atoms with Crippen LogP contribution in [0.5, 0.6) is 0 Å². The lowest BCUT2D eigenvalue weighted by molar-refractivity contribution is -0.111.